The number of aromatic amines is 1. The highest BCUT2D eigenvalue weighted by Crippen LogP contribution is 2.21. The Morgan fingerprint density at radius 2 is 0.992 bits per heavy atom. The van der Waals surface area contributed by atoms with Crippen LogP contribution in [0.1, 0.15) is 161 Å². The van der Waals surface area contributed by atoms with E-state index >= 15 is 0 Å². The molecule has 0 unspecified atom stereocenters. The Morgan fingerprint density at radius 1 is 0.521 bits per heavy atom. The average molecular weight is 1710 g/mol. The summed E-state index contributed by atoms with van der Waals surface area (Å²) in [5.41, 5.74) is 33.1. The van der Waals surface area contributed by atoms with Gasteiger partial charge in [0.25, 0.3) is 0 Å². The number of guanidine groups is 1. The first-order valence-electron chi connectivity index (χ1n) is 39.6. The van der Waals surface area contributed by atoms with Crippen molar-refractivity contribution in [1.29, 1.82) is 0 Å². The second kappa shape index (κ2) is 53.8. The number of aromatic nitrogens is 2. The van der Waals surface area contributed by atoms with Gasteiger partial charge in [0.1, 0.15) is 85.2 Å². The fraction of sp³-hybridized carbons (Fsp3) is 0.613. The highest BCUT2D eigenvalue weighted by molar-refractivity contribution is 6.01. The van der Waals surface area contributed by atoms with E-state index in [1.807, 2.05) is 6.92 Å². The van der Waals surface area contributed by atoms with Gasteiger partial charge < -0.3 is 133 Å². The summed E-state index contributed by atoms with van der Waals surface area (Å²) in [5, 5.41) is 69.4. The largest absolute Gasteiger partial charge is 0.481 e. The molecule has 0 saturated carbocycles. The molecule has 3 rings (SSSR count). The predicted octanol–water partition coefficient (Wildman–Crippen LogP) is -8.04. The fourth-order valence-corrected chi connectivity index (χ4v) is 12.3. The Labute approximate surface area is 697 Å². The number of esters is 1. The number of aliphatic carboxylic acids is 2. The standard InChI is InChI=1S/C75H118N22O24/c1-6-7-8-12-19-60(106)121-37-53(95-69(114)51(35-98)85-58(103)33-76)70(115)92-49(31-41-15-10-9-11-16-41)67(112)91-48(30-39(2)3)66(111)94-52(36-99)73(118)97-29-14-18-54(97)71(116)88-46(23-27-59(104)105)64(109)93-50(32-42-34-82-38-84-42)68(113)87-44(20-24-55(77)100)62(107)86-43(17-13-28-83-75(80)81)65(110)96-61(40(4)5)72(117)89-45(21-25-56(78)101)63(108)90-47(74(119)120)22-26-57(79)102/h9-11,15-16,34,38-40,43-54,61,98-99H,6-8,12-14,17-33,35-37,76H2,1-5H3,(H2,77,100)(H2,78,101)(H2,79,102)(H,82,84)(H,85,103)(H,86,107)(H,87,113)(H,88,116)(H,89,117)(H,90,108)(H,91,112)(H,92,115)(H,93,109)(H,94,111)(H,95,114)(H,96,110)(H,104,105)(H,119,120)(H4,80,81,83)/t43-,44-,45-,46-,47-,48-,49-,50-,51-,52-,53-,54-,61-/m0/s1. The third-order valence-corrected chi connectivity index (χ3v) is 18.8. The lowest BCUT2D eigenvalue weighted by Crippen LogP contribution is -2.62. The third kappa shape index (κ3) is 38.4. The second-order valence-electron chi connectivity index (χ2n) is 29.5. The van der Waals surface area contributed by atoms with Gasteiger partial charge >= 0.3 is 17.9 Å². The van der Waals surface area contributed by atoms with Crippen LogP contribution in [0.4, 0.5) is 0 Å². The van der Waals surface area contributed by atoms with Gasteiger partial charge in [0.05, 0.1) is 26.1 Å². The van der Waals surface area contributed by atoms with Gasteiger partial charge in [0, 0.05) is 69.9 Å². The minimum Gasteiger partial charge on any atom is -0.481 e. The van der Waals surface area contributed by atoms with Crippen LogP contribution in [0.2, 0.25) is 0 Å². The van der Waals surface area contributed by atoms with Crippen LogP contribution in [-0.2, 0) is 109 Å². The predicted molar refractivity (Wildman–Crippen MR) is 427 cm³/mol. The fourth-order valence-electron chi connectivity index (χ4n) is 12.3. The third-order valence-electron chi connectivity index (χ3n) is 18.8. The Kier molecular flexibility index (Phi) is 45.7. The Morgan fingerprint density at radius 3 is 1.50 bits per heavy atom. The number of ether oxygens (including phenoxy) is 1. The lowest BCUT2D eigenvalue weighted by Gasteiger charge is -2.31. The minimum absolute atomic E-state index is 0.0450. The van der Waals surface area contributed by atoms with Crippen LogP contribution < -0.4 is 98.2 Å². The maximum Gasteiger partial charge on any atom is 0.326 e. The number of aliphatic imine (C=N–C) groups is 1. The number of aliphatic hydroxyl groups excluding tert-OH is 2. The van der Waals surface area contributed by atoms with Gasteiger partial charge in [-0.2, -0.15) is 0 Å². The number of carboxylic acid groups (broad SMARTS) is 2. The van der Waals surface area contributed by atoms with E-state index in [2.05, 4.69) is 78.8 Å². The van der Waals surface area contributed by atoms with E-state index in [1.54, 1.807) is 44.2 Å². The average Bonchev–Trinajstić information content (AvgIpc) is 1.73. The van der Waals surface area contributed by atoms with Crippen LogP contribution in [-0.4, -0.2) is 272 Å². The van der Waals surface area contributed by atoms with Gasteiger partial charge in [0.15, 0.2) is 5.96 Å². The summed E-state index contributed by atoms with van der Waals surface area (Å²) in [6.45, 7) is 4.54. The van der Waals surface area contributed by atoms with E-state index in [4.69, 9.17) is 39.1 Å². The molecule has 1 aromatic heterocycles. The zero-order chi connectivity index (χ0) is 90.6. The Bertz CT molecular complexity index is 3890. The molecule has 16 amide bonds. The van der Waals surface area contributed by atoms with Crippen LogP contribution in [0, 0.1) is 11.8 Å². The summed E-state index contributed by atoms with van der Waals surface area (Å²) < 4.78 is 5.39. The highest BCUT2D eigenvalue weighted by Gasteiger charge is 2.42. The SMILES string of the molecule is CCCCCCC(=O)OC[C@H](NC(=O)[C@H](CO)NC(=O)CN)C(=O)N[C@@H](Cc1ccccc1)C(=O)N[C@@H](CC(C)C)C(=O)N[C@@H](CO)C(=O)N1CCC[C@H]1C(=O)N[C@@H](CCC(=O)O)C(=O)N[C@@H](Cc1cnc[nH]1)C(=O)N[C@@H](CCC(N)=O)C(=O)N[C@@H](CCCN=C(N)N)C(=O)N[C@H](C(=O)N[C@@H](CCC(N)=O)C(=O)N[C@@H](CCC(N)=O)C(=O)O)C(C)C. The molecule has 121 heavy (non-hydrogen) atoms. The summed E-state index contributed by atoms with van der Waals surface area (Å²) in [7, 11) is 0. The van der Waals surface area contributed by atoms with E-state index < -0.39 is 281 Å². The zero-order valence-corrected chi connectivity index (χ0v) is 68.3. The molecule has 0 radical (unpaired) electrons. The highest BCUT2D eigenvalue weighted by atomic mass is 16.5. The van der Waals surface area contributed by atoms with Crippen molar-refractivity contribution in [3.05, 3.63) is 54.1 Å². The van der Waals surface area contributed by atoms with Crippen LogP contribution >= 0.6 is 0 Å². The molecule has 0 spiro atoms. The van der Waals surface area contributed by atoms with Crippen molar-refractivity contribution in [3.63, 3.8) is 0 Å². The number of carbonyl (C=O) groups is 19. The maximum atomic E-state index is 14.7. The number of primary amides is 3. The van der Waals surface area contributed by atoms with Gasteiger partial charge in [-0.1, -0.05) is 84.2 Å². The number of aliphatic hydroxyl groups is 2. The number of likely N-dealkylation sites (tertiary alicyclic amines) is 1. The molecule has 29 N–H and O–H groups in total. The first-order valence-corrected chi connectivity index (χ1v) is 39.6. The minimum atomic E-state index is -1.84. The molecule has 0 aliphatic carbocycles. The van der Waals surface area contributed by atoms with Crippen molar-refractivity contribution in [2.45, 2.75) is 242 Å². The molecule has 1 fully saturated rings. The molecule has 0 bridgehead atoms. The number of hydrogen-bond donors (Lipinski definition) is 23. The number of H-pyrrole nitrogens is 1. The van der Waals surface area contributed by atoms with Crippen LogP contribution in [0.3, 0.4) is 0 Å². The van der Waals surface area contributed by atoms with Crippen LogP contribution in [0.25, 0.3) is 0 Å². The number of carbonyl (C=O) groups excluding carboxylic acids is 17. The van der Waals surface area contributed by atoms with Gasteiger partial charge in [-0.15, -0.1) is 0 Å². The molecule has 1 aliphatic rings. The van der Waals surface area contributed by atoms with Crippen molar-refractivity contribution in [3.8, 4) is 0 Å². The number of imidazole rings is 1. The molecular formula is C75H118N22O24. The zero-order valence-electron chi connectivity index (χ0n) is 68.3. The number of hydrogen-bond acceptors (Lipinski definition) is 25. The molecule has 46 nitrogen and oxygen atoms in total. The topological polar surface area (TPSA) is 759 Å². The van der Waals surface area contributed by atoms with Crippen LogP contribution in [0.15, 0.2) is 47.8 Å². The van der Waals surface area contributed by atoms with E-state index in [-0.39, 0.29) is 75.6 Å². The van der Waals surface area contributed by atoms with E-state index in [0.717, 1.165) is 17.7 Å². The molecule has 13 atom stereocenters. The van der Waals surface area contributed by atoms with Crippen molar-refractivity contribution < 1.29 is 116 Å². The van der Waals surface area contributed by atoms with Gasteiger partial charge in [-0.25, -0.2) is 9.78 Å². The number of benzene rings is 1. The number of rotatable bonds is 58. The lowest BCUT2D eigenvalue weighted by molar-refractivity contribution is -0.147. The molecular weight excluding hydrogens is 1590 g/mol. The Hall–Kier alpha value is -12.5. The number of nitrogens with one attached hydrogen (secondary N) is 13. The monoisotopic (exact) mass is 1710 g/mol. The van der Waals surface area contributed by atoms with Gasteiger partial charge in [0.2, 0.25) is 94.5 Å². The number of unbranched alkanes of at least 4 members (excludes halogenated alkanes) is 3. The maximum absolute atomic E-state index is 14.7. The van der Waals surface area contributed by atoms with Crippen molar-refractivity contribution in [2.75, 3.05) is 39.5 Å². The summed E-state index contributed by atoms with van der Waals surface area (Å²) in [6.07, 6.45) is -0.556. The first kappa shape index (κ1) is 103. The van der Waals surface area contributed by atoms with E-state index in [0.29, 0.717) is 18.4 Å². The smallest absolute Gasteiger partial charge is 0.326 e. The summed E-state index contributed by atoms with van der Waals surface area (Å²) in [4.78, 5) is 269. The molecule has 2 aromatic rings. The summed E-state index contributed by atoms with van der Waals surface area (Å²) in [5.74, 6) is -22.1. The lowest BCUT2D eigenvalue weighted by atomic mass is 10.0. The molecule has 1 aromatic carbocycles. The molecule has 672 valence electrons. The molecule has 46 heteroatoms. The number of nitrogens with two attached hydrogens (primary N) is 6. The van der Waals surface area contributed by atoms with Crippen molar-refractivity contribution in [2.24, 2.45) is 51.2 Å². The Balaban J connectivity index is 1.98. The normalized spacial score (nSPS) is 15.3. The van der Waals surface area contributed by atoms with E-state index in [1.165, 1.54) is 26.4 Å². The van der Waals surface area contributed by atoms with Crippen molar-refractivity contribution >= 4 is 118 Å². The second-order valence-corrected chi connectivity index (χ2v) is 29.5. The van der Waals surface area contributed by atoms with Gasteiger partial charge in [-0.05, 0) is 81.6 Å². The number of amides is 16. The number of carboxylic acids is 2. The summed E-state index contributed by atoms with van der Waals surface area (Å²) >= 11 is 0. The number of nitrogens with zero attached hydrogens (tertiary/aromatic N) is 3. The quantitative estimate of drug-likeness (QED) is 0.0127. The van der Waals surface area contributed by atoms with Crippen LogP contribution in [0.5, 0.6) is 0 Å². The van der Waals surface area contributed by atoms with Crippen molar-refractivity contribution in [1.82, 2.24) is 78.7 Å². The van der Waals surface area contributed by atoms with E-state index in [9.17, 15) is 112 Å². The first-order chi connectivity index (χ1) is 57.2. The molecule has 1 saturated heterocycles. The van der Waals surface area contributed by atoms with Gasteiger partial charge in [-0.3, -0.25) is 91.3 Å². The molecule has 2 heterocycles. The summed E-state index contributed by atoms with van der Waals surface area (Å²) in [6, 6.07) is -13.7. The molecule has 1 aliphatic heterocycles.